The van der Waals surface area contributed by atoms with E-state index in [1.54, 1.807) is 48.7 Å². The molecule has 3 heterocycles. The van der Waals surface area contributed by atoms with Crippen molar-refractivity contribution in [3.8, 4) is 12.1 Å². The summed E-state index contributed by atoms with van der Waals surface area (Å²) >= 11 is 0. The quantitative estimate of drug-likeness (QED) is 0.178. The second-order valence-corrected chi connectivity index (χ2v) is 8.61. The van der Waals surface area contributed by atoms with Crippen LogP contribution < -0.4 is 0 Å². The predicted molar refractivity (Wildman–Crippen MR) is 138 cm³/mol. The number of allylic oxidation sites excluding steroid dienone is 1. The van der Waals surface area contributed by atoms with E-state index in [1.807, 2.05) is 42.5 Å². The Hall–Kier alpha value is -5.37. The first-order valence-electron chi connectivity index (χ1n) is 11.5. The second kappa shape index (κ2) is 8.39. The third kappa shape index (κ3) is 3.27. The number of aromatic nitrogens is 2. The summed E-state index contributed by atoms with van der Waals surface area (Å²) in [7, 11) is 0. The first-order valence-corrected chi connectivity index (χ1v) is 11.5. The van der Waals surface area contributed by atoms with Crippen molar-refractivity contribution in [1.29, 1.82) is 10.5 Å². The molecule has 0 aliphatic carbocycles. The third-order valence-corrected chi connectivity index (χ3v) is 6.60. The molecule has 37 heavy (non-hydrogen) atoms. The van der Waals surface area contributed by atoms with E-state index in [-0.39, 0.29) is 33.6 Å². The Balaban J connectivity index is 1.65. The fourth-order valence-electron chi connectivity index (χ4n) is 4.86. The van der Waals surface area contributed by atoms with Gasteiger partial charge in [0.1, 0.15) is 23.3 Å². The predicted octanol–water partition coefficient (Wildman–Crippen LogP) is 5.46. The molecule has 3 aromatic carbocycles. The molecule has 0 fully saturated rings. The minimum Gasteiger partial charge on any atom is -0.452 e. The van der Waals surface area contributed by atoms with Crippen LogP contribution in [0.15, 0.2) is 108 Å². The zero-order valence-corrected chi connectivity index (χ0v) is 19.3. The Morgan fingerprint density at radius 1 is 0.838 bits per heavy atom. The number of para-hydroxylation sites is 2. The third-order valence-electron chi connectivity index (χ3n) is 6.60. The number of ether oxygens (including phenoxy) is 1. The number of carbonyl (C=O) groups is 1. The van der Waals surface area contributed by atoms with Gasteiger partial charge in [0.25, 0.3) is 5.79 Å². The number of nitrogens with zero attached hydrogens (tertiary/aromatic N) is 2. The molecule has 7 heteroatoms. The molecule has 0 amide bonds. The Morgan fingerprint density at radius 2 is 1.46 bits per heavy atom. The van der Waals surface area contributed by atoms with Crippen LogP contribution in [0.3, 0.4) is 0 Å². The highest BCUT2D eigenvalue weighted by Gasteiger charge is 2.50. The van der Waals surface area contributed by atoms with Crippen LogP contribution in [0.25, 0.3) is 27.6 Å². The van der Waals surface area contributed by atoms with Crippen LogP contribution in [0, 0.1) is 22.7 Å². The minimum absolute atomic E-state index is 0.0825. The van der Waals surface area contributed by atoms with Crippen LogP contribution in [-0.4, -0.2) is 20.9 Å². The average Bonchev–Trinajstić information content (AvgIpc) is 3.64. The van der Waals surface area contributed by atoms with Crippen molar-refractivity contribution >= 4 is 33.3 Å². The Kier molecular flexibility index (Phi) is 5.01. The first kappa shape index (κ1) is 22.1. The van der Waals surface area contributed by atoms with Crippen LogP contribution in [0.2, 0.25) is 0 Å². The minimum atomic E-state index is -2.24. The summed E-state index contributed by atoms with van der Waals surface area (Å²) in [4.78, 5) is 20.0. The maximum Gasteiger partial charge on any atom is 0.264 e. The second-order valence-electron chi connectivity index (χ2n) is 8.61. The standard InChI is InChI=1S/C30H18N4O3/c31-14-21(28(35)23-16-33-25-12-6-4-10-19(23)25)27-22(15-32)29(24-17-34-26-13-7-5-11-20(24)26)37-30(27,36)18-8-2-1-3-9-18/h1-13,16-17,33-34,36H/b27-21+. The summed E-state index contributed by atoms with van der Waals surface area (Å²) < 4.78 is 6.17. The highest BCUT2D eigenvalue weighted by Crippen LogP contribution is 2.50. The Bertz CT molecular complexity index is 1860. The molecule has 0 saturated carbocycles. The van der Waals surface area contributed by atoms with Gasteiger partial charge in [0, 0.05) is 50.9 Å². The van der Waals surface area contributed by atoms with E-state index in [0.29, 0.717) is 10.9 Å². The molecule has 1 unspecified atom stereocenters. The molecule has 2 aromatic heterocycles. The van der Waals surface area contributed by atoms with Gasteiger partial charge in [0.15, 0.2) is 5.76 Å². The molecular weight excluding hydrogens is 464 g/mol. The normalized spacial score (nSPS) is 18.5. The lowest BCUT2D eigenvalue weighted by molar-refractivity contribution is -0.120. The zero-order chi connectivity index (χ0) is 25.6. The SMILES string of the molecule is N#CC1=C(c2c[nH]c3ccccc23)OC(O)(c2ccccc2)/C1=C(\C#N)C(=O)c1c[nH]c2ccccc12. The van der Waals surface area contributed by atoms with Crippen LogP contribution in [0.5, 0.6) is 0 Å². The van der Waals surface area contributed by atoms with Crippen molar-refractivity contribution in [2.75, 3.05) is 0 Å². The van der Waals surface area contributed by atoms with Crippen molar-refractivity contribution in [3.05, 3.63) is 125 Å². The smallest absolute Gasteiger partial charge is 0.264 e. The number of hydrogen-bond donors (Lipinski definition) is 3. The summed E-state index contributed by atoms with van der Waals surface area (Å²) in [5.41, 5.74) is 1.97. The van der Waals surface area contributed by atoms with Crippen molar-refractivity contribution in [2.24, 2.45) is 0 Å². The number of Topliss-reactive ketones (excluding diaryl/α,β-unsaturated/α-hetero) is 1. The summed E-state index contributed by atoms with van der Waals surface area (Å²) in [6.07, 6.45) is 3.21. The molecule has 0 bridgehead atoms. The van der Waals surface area contributed by atoms with Gasteiger partial charge < -0.3 is 19.8 Å². The summed E-state index contributed by atoms with van der Waals surface area (Å²) in [5.74, 6) is -2.78. The van der Waals surface area contributed by atoms with E-state index in [2.05, 4.69) is 16.0 Å². The molecule has 1 aliphatic rings. The number of carbonyl (C=O) groups excluding carboxylic acids is 1. The molecule has 6 rings (SSSR count). The Morgan fingerprint density at radius 3 is 2.16 bits per heavy atom. The van der Waals surface area contributed by atoms with Crippen molar-refractivity contribution < 1.29 is 14.6 Å². The Labute approximate surface area is 211 Å². The van der Waals surface area contributed by atoms with E-state index < -0.39 is 11.6 Å². The maximum atomic E-state index is 13.8. The van der Waals surface area contributed by atoms with E-state index in [1.165, 1.54) is 6.20 Å². The number of aromatic amines is 2. The number of H-pyrrole nitrogens is 2. The lowest BCUT2D eigenvalue weighted by Gasteiger charge is -2.26. The number of aliphatic hydroxyl groups is 1. The van der Waals surface area contributed by atoms with E-state index in [4.69, 9.17) is 4.74 Å². The van der Waals surface area contributed by atoms with Gasteiger partial charge >= 0.3 is 0 Å². The van der Waals surface area contributed by atoms with Gasteiger partial charge in [-0.2, -0.15) is 10.5 Å². The van der Waals surface area contributed by atoms with Crippen molar-refractivity contribution in [1.82, 2.24) is 9.97 Å². The van der Waals surface area contributed by atoms with Crippen LogP contribution in [0.1, 0.15) is 21.5 Å². The van der Waals surface area contributed by atoms with Gasteiger partial charge in [-0.3, -0.25) is 4.79 Å². The lowest BCUT2D eigenvalue weighted by atomic mass is 9.86. The number of benzene rings is 3. The van der Waals surface area contributed by atoms with Crippen molar-refractivity contribution in [2.45, 2.75) is 5.79 Å². The monoisotopic (exact) mass is 482 g/mol. The van der Waals surface area contributed by atoms with E-state index in [0.717, 1.165) is 16.4 Å². The summed E-state index contributed by atoms with van der Waals surface area (Å²) in [6.45, 7) is 0. The largest absolute Gasteiger partial charge is 0.452 e. The molecule has 0 spiro atoms. The van der Waals surface area contributed by atoms with Crippen molar-refractivity contribution in [3.63, 3.8) is 0 Å². The number of fused-ring (bicyclic) bond motifs is 2. The number of hydrogen-bond acceptors (Lipinski definition) is 5. The highest BCUT2D eigenvalue weighted by atomic mass is 16.6. The molecule has 3 N–H and O–H groups in total. The number of nitrogens with one attached hydrogen (secondary N) is 2. The average molecular weight is 482 g/mol. The molecule has 5 aromatic rings. The number of rotatable bonds is 4. The first-order chi connectivity index (χ1) is 18.1. The van der Waals surface area contributed by atoms with Gasteiger partial charge in [0.05, 0.1) is 5.57 Å². The number of ketones is 1. The van der Waals surface area contributed by atoms with Gasteiger partial charge in [0.2, 0.25) is 5.78 Å². The fourth-order valence-corrected chi connectivity index (χ4v) is 4.86. The molecule has 0 radical (unpaired) electrons. The summed E-state index contributed by atoms with van der Waals surface area (Å²) in [5, 5.41) is 34.0. The maximum absolute atomic E-state index is 13.8. The molecular formula is C30H18N4O3. The van der Waals surface area contributed by atoms with Gasteiger partial charge in [-0.15, -0.1) is 0 Å². The van der Waals surface area contributed by atoms with Gasteiger partial charge in [-0.25, -0.2) is 0 Å². The van der Waals surface area contributed by atoms with Gasteiger partial charge in [-0.05, 0) is 12.1 Å². The van der Waals surface area contributed by atoms with Gasteiger partial charge in [-0.1, -0.05) is 66.7 Å². The molecule has 176 valence electrons. The van der Waals surface area contributed by atoms with E-state index >= 15 is 0 Å². The summed E-state index contributed by atoms with van der Waals surface area (Å²) in [6, 6.07) is 27.2. The molecule has 0 saturated heterocycles. The fraction of sp³-hybridized carbons (Fsp3) is 0.0333. The highest BCUT2D eigenvalue weighted by molar-refractivity contribution is 6.19. The zero-order valence-electron chi connectivity index (χ0n) is 19.3. The molecule has 1 aliphatic heterocycles. The van der Waals surface area contributed by atoms with Crippen LogP contribution >= 0.6 is 0 Å². The topological polar surface area (TPSA) is 126 Å². The molecule has 1 atom stereocenters. The lowest BCUT2D eigenvalue weighted by Crippen LogP contribution is -2.29. The van der Waals surface area contributed by atoms with E-state index in [9.17, 15) is 20.4 Å². The number of nitriles is 2. The van der Waals surface area contributed by atoms with Crippen LogP contribution in [-0.2, 0) is 10.5 Å². The van der Waals surface area contributed by atoms with Crippen LogP contribution in [0.4, 0.5) is 0 Å². The molecule has 7 nitrogen and oxygen atoms in total.